The van der Waals surface area contributed by atoms with E-state index in [-0.39, 0.29) is 6.04 Å². The van der Waals surface area contributed by atoms with E-state index in [0.717, 1.165) is 6.42 Å². The first-order chi connectivity index (χ1) is 8.13. The lowest BCUT2D eigenvalue weighted by Gasteiger charge is -2.14. The van der Waals surface area contributed by atoms with Gasteiger partial charge in [0.2, 0.25) is 0 Å². The largest absolute Gasteiger partial charge is 0.383 e. The minimum absolute atomic E-state index is 0.0911. The number of nitrogens with two attached hydrogens (primary N) is 1. The Labute approximate surface area is 106 Å². The lowest BCUT2D eigenvalue weighted by atomic mass is 10.1. The Morgan fingerprint density at radius 3 is 2.47 bits per heavy atom. The molecular formula is C13H16ClN3. The monoisotopic (exact) mass is 249 g/mol. The summed E-state index contributed by atoms with van der Waals surface area (Å²) in [6.07, 6.45) is 2.62. The van der Waals surface area contributed by atoms with Crippen LogP contribution >= 0.6 is 11.6 Å². The van der Waals surface area contributed by atoms with Crippen LogP contribution in [0.2, 0.25) is 5.02 Å². The van der Waals surface area contributed by atoms with Crippen LogP contribution in [0.25, 0.3) is 0 Å². The van der Waals surface area contributed by atoms with Gasteiger partial charge in [0.1, 0.15) is 10.8 Å². The number of anilines is 1. The highest BCUT2D eigenvalue weighted by molar-refractivity contribution is 6.32. The van der Waals surface area contributed by atoms with Crippen molar-refractivity contribution >= 4 is 17.4 Å². The third-order valence-corrected chi connectivity index (χ3v) is 3.32. The maximum Gasteiger partial charge on any atom is 0.141 e. The van der Waals surface area contributed by atoms with Crippen molar-refractivity contribution in [2.45, 2.75) is 26.3 Å². The first kappa shape index (κ1) is 12.0. The van der Waals surface area contributed by atoms with Gasteiger partial charge in [-0.2, -0.15) is 5.10 Å². The van der Waals surface area contributed by atoms with E-state index in [1.807, 2.05) is 0 Å². The third-order valence-electron chi connectivity index (χ3n) is 3.02. The Morgan fingerprint density at radius 2 is 2.00 bits per heavy atom. The number of hydrogen-bond acceptors (Lipinski definition) is 2. The van der Waals surface area contributed by atoms with Crippen LogP contribution in [0.5, 0.6) is 0 Å². The SMILES string of the molecule is CCc1ccc(C(C)n2ncc(Cl)c2N)cc1. The fraction of sp³-hybridized carbons (Fsp3) is 0.308. The van der Waals surface area contributed by atoms with Gasteiger partial charge in [-0.1, -0.05) is 42.8 Å². The Balaban J connectivity index is 2.30. The van der Waals surface area contributed by atoms with Gasteiger partial charge in [0.05, 0.1) is 12.2 Å². The van der Waals surface area contributed by atoms with Gasteiger partial charge in [-0.05, 0) is 24.5 Å². The van der Waals surface area contributed by atoms with Crippen molar-refractivity contribution in [2.24, 2.45) is 0 Å². The molecule has 0 saturated carbocycles. The lowest BCUT2D eigenvalue weighted by Crippen LogP contribution is -2.11. The molecule has 1 atom stereocenters. The summed E-state index contributed by atoms with van der Waals surface area (Å²) in [4.78, 5) is 0. The molecule has 1 aromatic heterocycles. The standard InChI is InChI=1S/C13H16ClN3/c1-3-10-4-6-11(7-5-10)9(2)17-13(15)12(14)8-16-17/h4-9H,3,15H2,1-2H3. The summed E-state index contributed by atoms with van der Waals surface area (Å²) >= 11 is 5.90. The lowest BCUT2D eigenvalue weighted by molar-refractivity contribution is 0.573. The Hall–Kier alpha value is -1.48. The number of aromatic nitrogens is 2. The van der Waals surface area contributed by atoms with Crippen LogP contribution in [0.4, 0.5) is 5.82 Å². The molecule has 2 aromatic rings. The maximum atomic E-state index is 5.90. The molecule has 2 rings (SSSR count). The van der Waals surface area contributed by atoms with Crippen LogP contribution in [0.3, 0.4) is 0 Å². The molecule has 0 radical (unpaired) electrons. The van der Waals surface area contributed by atoms with Gasteiger partial charge in [-0.25, -0.2) is 4.68 Å². The Morgan fingerprint density at radius 1 is 1.35 bits per heavy atom. The topological polar surface area (TPSA) is 43.8 Å². The molecule has 0 amide bonds. The van der Waals surface area contributed by atoms with E-state index in [0.29, 0.717) is 10.8 Å². The summed E-state index contributed by atoms with van der Waals surface area (Å²) < 4.78 is 1.74. The second-order valence-corrected chi connectivity index (χ2v) is 4.50. The van der Waals surface area contributed by atoms with E-state index in [1.54, 1.807) is 10.9 Å². The highest BCUT2D eigenvalue weighted by atomic mass is 35.5. The summed E-state index contributed by atoms with van der Waals surface area (Å²) in [6, 6.07) is 8.57. The highest BCUT2D eigenvalue weighted by Gasteiger charge is 2.13. The fourth-order valence-electron chi connectivity index (χ4n) is 1.83. The second-order valence-electron chi connectivity index (χ2n) is 4.09. The van der Waals surface area contributed by atoms with Gasteiger partial charge in [-0.3, -0.25) is 0 Å². The summed E-state index contributed by atoms with van der Waals surface area (Å²) in [6.45, 7) is 4.20. The summed E-state index contributed by atoms with van der Waals surface area (Å²) in [7, 11) is 0. The van der Waals surface area contributed by atoms with Gasteiger partial charge in [0.15, 0.2) is 0 Å². The first-order valence-electron chi connectivity index (χ1n) is 5.70. The quantitative estimate of drug-likeness (QED) is 0.907. The van der Waals surface area contributed by atoms with Crippen LogP contribution in [0.1, 0.15) is 31.0 Å². The zero-order valence-corrected chi connectivity index (χ0v) is 10.8. The van der Waals surface area contributed by atoms with E-state index < -0.39 is 0 Å². The van der Waals surface area contributed by atoms with Crippen molar-refractivity contribution in [3.05, 3.63) is 46.6 Å². The third kappa shape index (κ3) is 2.29. The molecule has 2 N–H and O–H groups in total. The molecule has 0 aliphatic carbocycles. The molecule has 1 heterocycles. The molecule has 0 fully saturated rings. The summed E-state index contributed by atoms with van der Waals surface area (Å²) in [5.74, 6) is 0.513. The molecule has 0 saturated heterocycles. The number of halogens is 1. The zero-order chi connectivity index (χ0) is 12.4. The van der Waals surface area contributed by atoms with Crippen LogP contribution < -0.4 is 5.73 Å². The Kier molecular flexibility index (Phi) is 3.38. The molecule has 3 nitrogen and oxygen atoms in total. The molecule has 1 aromatic carbocycles. The molecule has 0 aliphatic heterocycles. The van der Waals surface area contributed by atoms with Gasteiger partial charge in [0, 0.05) is 0 Å². The molecule has 4 heteroatoms. The van der Waals surface area contributed by atoms with Crippen molar-refractivity contribution in [1.29, 1.82) is 0 Å². The predicted octanol–water partition coefficient (Wildman–Crippen LogP) is 3.29. The average molecular weight is 250 g/mol. The number of nitrogen functional groups attached to an aromatic ring is 1. The van der Waals surface area contributed by atoms with Crippen molar-refractivity contribution in [1.82, 2.24) is 9.78 Å². The van der Waals surface area contributed by atoms with Crippen molar-refractivity contribution in [3.63, 3.8) is 0 Å². The van der Waals surface area contributed by atoms with E-state index in [2.05, 4.69) is 43.2 Å². The molecule has 0 spiro atoms. The zero-order valence-electron chi connectivity index (χ0n) is 10.0. The highest BCUT2D eigenvalue weighted by Crippen LogP contribution is 2.25. The average Bonchev–Trinajstić information content (AvgIpc) is 2.69. The van der Waals surface area contributed by atoms with Crippen LogP contribution in [0, 0.1) is 0 Å². The molecule has 17 heavy (non-hydrogen) atoms. The van der Waals surface area contributed by atoms with E-state index in [9.17, 15) is 0 Å². The van der Waals surface area contributed by atoms with Gasteiger partial charge < -0.3 is 5.73 Å². The van der Waals surface area contributed by atoms with Crippen molar-refractivity contribution in [3.8, 4) is 0 Å². The molecular weight excluding hydrogens is 234 g/mol. The second kappa shape index (κ2) is 4.80. The van der Waals surface area contributed by atoms with Gasteiger partial charge >= 0.3 is 0 Å². The van der Waals surface area contributed by atoms with Gasteiger partial charge in [-0.15, -0.1) is 0 Å². The molecule has 0 bridgehead atoms. The van der Waals surface area contributed by atoms with Crippen molar-refractivity contribution < 1.29 is 0 Å². The van der Waals surface area contributed by atoms with Gasteiger partial charge in [0.25, 0.3) is 0 Å². The van der Waals surface area contributed by atoms with Crippen molar-refractivity contribution in [2.75, 3.05) is 5.73 Å². The minimum Gasteiger partial charge on any atom is -0.383 e. The summed E-state index contributed by atoms with van der Waals surface area (Å²) in [5.41, 5.74) is 8.37. The van der Waals surface area contributed by atoms with E-state index in [4.69, 9.17) is 17.3 Å². The van der Waals surface area contributed by atoms with E-state index >= 15 is 0 Å². The van der Waals surface area contributed by atoms with Crippen LogP contribution in [-0.2, 0) is 6.42 Å². The number of benzene rings is 1. The van der Waals surface area contributed by atoms with Crippen LogP contribution in [0.15, 0.2) is 30.5 Å². The predicted molar refractivity (Wildman–Crippen MR) is 71.3 cm³/mol. The smallest absolute Gasteiger partial charge is 0.141 e. The molecule has 0 aliphatic rings. The molecule has 1 unspecified atom stereocenters. The minimum atomic E-state index is 0.0911. The first-order valence-corrected chi connectivity index (χ1v) is 6.08. The number of rotatable bonds is 3. The van der Waals surface area contributed by atoms with Crippen LogP contribution in [-0.4, -0.2) is 9.78 Å². The summed E-state index contributed by atoms with van der Waals surface area (Å²) in [5, 5.41) is 4.70. The molecule has 90 valence electrons. The maximum absolute atomic E-state index is 5.90. The number of aryl methyl sites for hydroxylation is 1. The normalized spacial score (nSPS) is 12.6. The number of nitrogens with zero attached hydrogens (tertiary/aromatic N) is 2. The number of hydrogen-bond donors (Lipinski definition) is 1. The van der Waals surface area contributed by atoms with E-state index in [1.165, 1.54) is 11.1 Å². The Bertz CT molecular complexity index is 502. The fourth-order valence-corrected chi connectivity index (χ4v) is 1.96.